The molecule has 1 aromatic rings. The van der Waals surface area contributed by atoms with E-state index in [1.807, 2.05) is 19.1 Å². The summed E-state index contributed by atoms with van der Waals surface area (Å²) >= 11 is 0. The second-order valence-corrected chi connectivity index (χ2v) is 6.29. The molecule has 0 aliphatic rings. The van der Waals surface area contributed by atoms with Gasteiger partial charge in [-0.2, -0.15) is 0 Å². The number of likely N-dealkylation sites (N-methyl/N-ethyl adjacent to an activating group) is 1. The number of benzene rings is 1. The molecule has 1 rings (SSSR count). The summed E-state index contributed by atoms with van der Waals surface area (Å²) < 4.78 is 25.1. The lowest BCUT2D eigenvalue weighted by molar-refractivity contribution is -0.121. The Morgan fingerprint density at radius 1 is 1.32 bits per heavy atom. The minimum absolute atomic E-state index is 0.312. The van der Waals surface area contributed by atoms with E-state index in [9.17, 15) is 13.2 Å². The molecule has 1 atom stereocenters. The number of sulfonamides is 1. The van der Waals surface area contributed by atoms with Crippen LogP contribution in [0.15, 0.2) is 24.3 Å². The average Bonchev–Trinajstić information content (AvgIpc) is 2.35. The average molecular weight is 284 g/mol. The third-order valence-corrected chi connectivity index (χ3v) is 4.04. The molecular weight excluding hydrogens is 264 g/mol. The van der Waals surface area contributed by atoms with E-state index in [2.05, 4.69) is 5.32 Å². The van der Waals surface area contributed by atoms with Gasteiger partial charge in [-0.05, 0) is 25.5 Å². The summed E-state index contributed by atoms with van der Waals surface area (Å²) in [5, 5.41) is 2.50. The van der Waals surface area contributed by atoms with Crippen LogP contribution in [0.5, 0.6) is 0 Å². The highest BCUT2D eigenvalue weighted by Gasteiger charge is 2.30. The summed E-state index contributed by atoms with van der Waals surface area (Å²) in [5.41, 5.74) is 1.54. The minimum atomic E-state index is -3.52. The van der Waals surface area contributed by atoms with Crippen LogP contribution < -0.4 is 9.62 Å². The summed E-state index contributed by atoms with van der Waals surface area (Å²) in [7, 11) is -2.02. The van der Waals surface area contributed by atoms with Crippen molar-refractivity contribution < 1.29 is 13.2 Å². The Balaban J connectivity index is 3.29. The molecule has 0 saturated carbocycles. The molecule has 0 aliphatic carbocycles. The normalized spacial score (nSPS) is 12.8. The quantitative estimate of drug-likeness (QED) is 0.886. The highest BCUT2D eigenvalue weighted by atomic mass is 32.2. The maximum Gasteiger partial charge on any atom is 0.243 e. The third kappa shape index (κ3) is 3.70. The molecule has 0 unspecified atom stereocenters. The van der Waals surface area contributed by atoms with Gasteiger partial charge in [-0.3, -0.25) is 9.10 Å². The van der Waals surface area contributed by atoms with Gasteiger partial charge in [0.25, 0.3) is 0 Å². The highest BCUT2D eigenvalue weighted by molar-refractivity contribution is 7.92. The Hall–Kier alpha value is -1.56. The zero-order chi connectivity index (χ0) is 14.6. The van der Waals surface area contributed by atoms with E-state index in [4.69, 9.17) is 0 Å². The van der Waals surface area contributed by atoms with Gasteiger partial charge in [-0.15, -0.1) is 0 Å². The number of anilines is 1. The number of nitrogens with zero attached hydrogens (tertiary/aromatic N) is 1. The first-order valence-electron chi connectivity index (χ1n) is 6.09. The van der Waals surface area contributed by atoms with Gasteiger partial charge in [0.1, 0.15) is 6.04 Å². The largest absolute Gasteiger partial charge is 0.357 e. The second kappa shape index (κ2) is 6.06. The van der Waals surface area contributed by atoms with Crippen molar-refractivity contribution in [1.82, 2.24) is 5.32 Å². The Kier molecular flexibility index (Phi) is 4.94. The van der Waals surface area contributed by atoms with Crippen LogP contribution >= 0.6 is 0 Å². The predicted molar refractivity (Wildman–Crippen MR) is 76.6 cm³/mol. The molecule has 1 amide bonds. The van der Waals surface area contributed by atoms with Crippen molar-refractivity contribution in [3.05, 3.63) is 29.8 Å². The van der Waals surface area contributed by atoms with E-state index in [0.29, 0.717) is 12.1 Å². The fraction of sp³-hybridized carbons (Fsp3) is 0.462. The molecule has 0 aromatic heterocycles. The number of nitrogens with one attached hydrogen (secondary N) is 1. The van der Waals surface area contributed by atoms with Gasteiger partial charge in [0.2, 0.25) is 15.9 Å². The molecule has 5 nitrogen and oxygen atoms in total. The summed E-state index contributed by atoms with van der Waals surface area (Å²) in [6.45, 7) is 3.71. The van der Waals surface area contributed by atoms with E-state index in [1.165, 1.54) is 11.4 Å². The molecule has 1 aromatic carbocycles. The number of hydrogen-bond donors (Lipinski definition) is 1. The topological polar surface area (TPSA) is 66.5 Å². The minimum Gasteiger partial charge on any atom is -0.357 e. The van der Waals surface area contributed by atoms with Crippen molar-refractivity contribution >= 4 is 21.6 Å². The molecule has 0 aliphatic heterocycles. The van der Waals surface area contributed by atoms with Crippen molar-refractivity contribution in [3.8, 4) is 0 Å². The molecular formula is C13H20N2O3S. The first kappa shape index (κ1) is 15.5. The summed E-state index contributed by atoms with van der Waals surface area (Å²) in [6.07, 6.45) is 1.51. The molecule has 0 radical (unpaired) electrons. The van der Waals surface area contributed by atoms with E-state index >= 15 is 0 Å². The molecule has 0 heterocycles. The van der Waals surface area contributed by atoms with Gasteiger partial charge in [0, 0.05) is 7.05 Å². The van der Waals surface area contributed by atoms with Crippen LogP contribution in [-0.2, 0) is 14.8 Å². The first-order chi connectivity index (χ1) is 8.81. The van der Waals surface area contributed by atoms with Crippen LogP contribution in [0.1, 0.15) is 18.9 Å². The number of aryl methyl sites for hydroxylation is 1. The van der Waals surface area contributed by atoms with E-state index in [0.717, 1.165) is 11.8 Å². The van der Waals surface area contributed by atoms with Crippen LogP contribution in [0, 0.1) is 6.92 Å². The maximum atomic E-state index is 12.0. The Morgan fingerprint density at radius 2 is 1.84 bits per heavy atom. The maximum absolute atomic E-state index is 12.0. The lowest BCUT2D eigenvalue weighted by atomic mass is 10.1. The smallest absolute Gasteiger partial charge is 0.243 e. The zero-order valence-corrected chi connectivity index (χ0v) is 12.5. The number of carbonyl (C=O) groups is 1. The number of amides is 1. The lowest BCUT2D eigenvalue weighted by Gasteiger charge is -2.29. The SMILES string of the molecule is CC[C@H](C(=O)NC)N(c1ccc(C)cc1)S(C)(=O)=O. The summed E-state index contributed by atoms with van der Waals surface area (Å²) in [4.78, 5) is 11.9. The molecule has 0 spiro atoms. The van der Waals surface area contributed by atoms with Crippen LogP contribution in [0.2, 0.25) is 0 Å². The monoisotopic (exact) mass is 284 g/mol. The van der Waals surface area contributed by atoms with Crippen LogP contribution in [0.25, 0.3) is 0 Å². The van der Waals surface area contributed by atoms with Crippen molar-refractivity contribution in [2.45, 2.75) is 26.3 Å². The van der Waals surface area contributed by atoms with Gasteiger partial charge >= 0.3 is 0 Å². The number of hydrogen-bond acceptors (Lipinski definition) is 3. The molecule has 0 fully saturated rings. The van der Waals surface area contributed by atoms with Gasteiger partial charge in [-0.25, -0.2) is 8.42 Å². The molecule has 0 saturated heterocycles. The van der Waals surface area contributed by atoms with Crippen LogP contribution in [-0.4, -0.2) is 33.7 Å². The Morgan fingerprint density at radius 3 is 2.21 bits per heavy atom. The fourth-order valence-corrected chi connectivity index (χ4v) is 3.13. The lowest BCUT2D eigenvalue weighted by Crippen LogP contribution is -2.48. The standard InChI is InChI=1S/C13H20N2O3S/c1-5-12(13(16)14-3)15(19(4,17)18)11-8-6-10(2)7-9-11/h6-9,12H,5H2,1-4H3,(H,14,16)/t12-/m1/s1. The van der Waals surface area contributed by atoms with Crippen LogP contribution in [0.3, 0.4) is 0 Å². The summed E-state index contributed by atoms with van der Waals surface area (Å²) in [6, 6.07) is 6.33. The van der Waals surface area contributed by atoms with Crippen LogP contribution in [0.4, 0.5) is 5.69 Å². The predicted octanol–water partition coefficient (Wildman–Crippen LogP) is 1.29. The second-order valence-electron chi connectivity index (χ2n) is 4.43. The molecule has 1 N–H and O–H groups in total. The Bertz CT molecular complexity index is 538. The van der Waals surface area contributed by atoms with E-state index in [-0.39, 0.29) is 5.91 Å². The molecule has 19 heavy (non-hydrogen) atoms. The van der Waals surface area contributed by atoms with Crippen molar-refractivity contribution in [2.75, 3.05) is 17.6 Å². The van der Waals surface area contributed by atoms with E-state index in [1.54, 1.807) is 19.1 Å². The van der Waals surface area contributed by atoms with Crippen molar-refractivity contribution in [1.29, 1.82) is 0 Å². The van der Waals surface area contributed by atoms with Crippen molar-refractivity contribution in [3.63, 3.8) is 0 Å². The van der Waals surface area contributed by atoms with Gasteiger partial charge in [0.15, 0.2) is 0 Å². The van der Waals surface area contributed by atoms with Crippen molar-refractivity contribution in [2.24, 2.45) is 0 Å². The van der Waals surface area contributed by atoms with Gasteiger partial charge in [0.05, 0.1) is 11.9 Å². The summed E-state index contributed by atoms with van der Waals surface area (Å²) in [5.74, 6) is -0.312. The molecule has 106 valence electrons. The third-order valence-electron chi connectivity index (χ3n) is 2.86. The number of carbonyl (C=O) groups excluding carboxylic acids is 1. The highest BCUT2D eigenvalue weighted by Crippen LogP contribution is 2.22. The van der Waals surface area contributed by atoms with Gasteiger partial charge in [-0.1, -0.05) is 24.6 Å². The van der Waals surface area contributed by atoms with E-state index < -0.39 is 16.1 Å². The first-order valence-corrected chi connectivity index (χ1v) is 7.93. The molecule has 6 heteroatoms. The number of rotatable bonds is 5. The molecule has 0 bridgehead atoms. The zero-order valence-electron chi connectivity index (χ0n) is 11.7. The Labute approximate surface area is 114 Å². The fourth-order valence-electron chi connectivity index (χ4n) is 1.92. The van der Waals surface area contributed by atoms with Gasteiger partial charge < -0.3 is 5.32 Å².